The third kappa shape index (κ3) is 5.85. The van der Waals surface area contributed by atoms with Gasteiger partial charge in [-0.25, -0.2) is 15.2 Å². The summed E-state index contributed by atoms with van der Waals surface area (Å²) >= 11 is 0. The van der Waals surface area contributed by atoms with Gasteiger partial charge < -0.3 is 9.47 Å². The Hall–Kier alpha value is -2.74. The van der Waals surface area contributed by atoms with Crippen molar-refractivity contribution in [2.24, 2.45) is 0 Å². The van der Waals surface area contributed by atoms with Crippen LogP contribution < -0.4 is 11.1 Å². The summed E-state index contributed by atoms with van der Waals surface area (Å²) in [5.74, 6) is 0. The van der Waals surface area contributed by atoms with Crippen LogP contribution in [-0.4, -0.2) is 89.2 Å². The lowest BCUT2D eigenvalue weighted by atomic mass is 9.74. The van der Waals surface area contributed by atoms with Gasteiger partial charge in [0.25, 0.3) is 0 Å². The Balaban J connectivity index is 1.20. The summed E-state index contributed by atoms with van der Waals surface area (Å²) in [6, 6.07) is 9.41. The normalized spacial score (nSPS) is 24.2. The van der Waals surface area contributed by atoms with E-state index in [1.54, 1.807) is 19.4 Å². The maximum Gasteiger partial charge on any atom is 0.418 e. The molecule has 0 bridgehead atoms. The van der Waals surface area contributed by atoms with Gasteiger partial charge >= 0.3 is 11.9 Å². The van der Waals surface area contributed by atoms with E-state index in [-0.39, 0.29) is 23.2 Å². The molecule has 5 heterocycles. The predicted molar refractivity (Wildman–Crippen MR) is 164 cm³/mol. The molecule has 1 aliphatic carbocycles. The van der Waals surface area contributed by atoms with Crippen LogP contribution >= 0.6 is 0 Å². The fourth-order valence-electron chi connectivity index (χ4n) is 7.82. The van der Waals surface area contributed by atoms with Crippen molar-refractivity contribution in [1.29, 1.82) is 0 Å². The summed E-state index contributed by atoms with van der Waals surface area (Å²) in [6.45, 7) is 3.73. The third-order valence-corrected chi connectivity index (χ3v) is 10.5. The number of likely N-dealkylation sites (tertiary alicyclic amines) is 1. The number of imidazole rings is 1. The zero-order valence-electron chi connectivity index (χ0n) is 26.1. The quantitative estimate of drug-likeness (QED) is 0.398. The molecule has 1 unspecified atom stereocenters. The van der Waals surface area contributed by atoms with Crippen LogP contribution in [0.25, 0.3) is 11.2 Å². The number of hydrogen-bond acceptors (Lipinski definition) is 7. The number of fused-ring (bicyclic) bond motifs is 1. The van der Waals surface area contributed by atoms with E-state index in [9.17, 15) is 18.0 Å². The van der Waals surface area contributed by atoms with Gasteiger partial charge in [-0.3, -0.25) is 18.8 Å². The lowest BCUT2D eigenvalue weighted by Gasteiger charge is -2.46. The first-order valence-corrected chi connectivity index (χ1v) is 16.1. The molecule has 1 saturated carbocycles. The minimum absolute atomic E-state index is 0.146. The molecule has 4 aliphatic rings. The monoisotopic (exact) mass is 628 g/mol. The van der Waals surface area contributed by atoms with Gasteiger partial charge in [-0.15, -0.1) is 0 Å². The molecule has 9 nitrogen and oxygen atoms in total. The summed E-state index contributed by atoms with van der Waals surface area (Å²) in [7, 11) is 3.82. The zero-order chi connectivity index (χ0) is 31.3. The molecule has 3 aliphatic heterocycles. The molecule has 0 amide bonds. The van der Waals surface area contributed by atoms with Gasteiger partial charge in [0.05, 0.1) is 48.9 Å². The number of hydrazine groups is 1. The van der Waals surface area contributed by atoms with E-state index in [4.69, 9.17) is 9.47 Å². The Bertz CT molecular complexity index is 1570. The van der Waals surface area contributed by atoms with E-state index in [0.717, 1.165) is 49.0 Å². The van der Waals surface area contributed by atoms with E-state index in [1.165, 1.54) is 42.5 Å². The summed E-state index contributed by atoms with van der Waals surface area (Å²) in [4.78, 5) is 18.2. The number of nitrogens with zero attached hydrogens (tertiary/aromatic N) is 5. The van der Waals surface area contributed by atoms with E-state index >= 15 is 0 Å². The molecular formula is C33H43F3N6O3. The second-order valence-corrected chi connectivity index (χ2v) is 13.4. The maximum absolute atomic E-state index is 14.4. The maximum atomic E-state index is 14.4. The van der Waals surface area contributed by atoms with Crippen molar-refractivity contribution >= 4 is 5.52 Å². The van der Waals surface area contributed by atoms with Gasteiger partial charge in [0.15, 0.2) is 0 Å². The molecule has 45 heavy (non-hydrogen) atoms. The molecule has 3 saturated heterocycles. The standard InChI is InChI=1S/C33H43F3N6O3/c1-38-22-37-42(25-7-3-4-8-25)30(38)16-32(20-45-21-32)24-6-5-9-26(15-24)40-19-29-28(33(34,35)36)14-23(18-41(29)31(40)43)17-39-12-10-27(44-2)11-13-39/h5-6,9,14-15,18-19,25,27,30,37H,3-4,7-8,10-13,16-17,20-22H2,1-2H3. The molecule has 12 heteroatoms. The Kier molecular flexibility index (Phi) is 8.32. The van der Waals surface area contributed by atoms with E-state index in [2.05, 4.69) is 33.3 Å². The van der Waals surface area contributed by atoms with Crippen LogP contribution in [0, 0.1) is 0 Å². The fourth-order valence-corrected chi connectivity index (χ4v) is 7.82. The van der Waals surface area contributed by atoms with Crippen LogP contribution in [0.5, 0.6) is 0 Å². The molecule has 2 aromatic heterocycles. The van der Waals surface area contributed by atoms with E-state index < -0.39 is 17.4 Å². The Morgan fingerprint density at radius 3 is 2.49 bits per heavy atom. The summed E-state index contributed by atoms with van der Waals surface area (Å²) in [5.41, 5.74) is 3.94. The first kappa shape index (κ1) is 30.9. The number of ether oxygens (including phenoxy) is 2. The fraction of sp³-hybridized carbons (Fsp3) is 0.606. The van der Waals surface area contributed by atoms with Gasteiger partial charge in [-0.1, -0.05) is 25.0 Å². The average molecular weight is 629 g/mol. The van der Waals surface area contributed by atoms with Gasteiger partial charge in [0.1, 0.15) is 0 Å². The highest BCUT2D eigenvalue weighted by atomic mass is 19.4. The smallest absolute Gasteiger partial charge is 0.381 e. The molecular weight excluding hydrogens is 585 g/mol. The summed E-state index contributed by atoms with van der Waals surface area (Å²) in [6.07, 6.45) is 6.06. The second kappa shape index (κ2) is 12.1. The number of methoxy groups -OCH3 is 1. The van der Waals surface area contributed by atoms with E-state index in [0.29, 0.717) is 37.1 Å². The predicted octanol–water partition coefficient (Wildman–Crippen LogP) is 4.36. The summed E-state index contributed by atoms with van der Waals surface area (Å²) < 4.78 is 56.9. The molecule has 1 N–H and O–H groups in total. The highest BCUT2D eigenvalue weighted by molar-refractivity contribution is 5.58. The van der Waals surface area contributed by atoms with Gasteiger partial charge in [-0.2, -0.15) is 13.2 Å². The zero-order valence-corrected chi connectivity index (χ0v) is 26.1. The number of aromatic nitrogens is 2. The van der Waals surface area contributed by atoms with Crippen molar-refractivity contribution in [2.45, 2.75) is 81.4 Å². The summed E-state index contributed by atoms with van der Waals surface area (Å²) in [5, 5.41) is 2.43. The molecule has 0 radical (unpaired) electrons. The number of halogens is 3. The second-order valence-electron chi connectivity index (χ2n) is 13.4. The lowest BCUT2D eigenvalue weighted by Crippen LogP contribution is -2.55. The first-order valence-electron chi connectivity index (χ1n) is 16.1. The molecule has 4 fully saturated rings. The SMILES string of the molecule is COC1CCN(Cc2cc(C(F)(F)F)c3cn(-c4cccc(C5(CC6N(C)CNN6C6CCCC6)COC5)c4)c(=O)n3c2)CC1. The number of piperidine rings is 1. The molecule has 1 aromatic carbocycles. The largest absolute Gasteiger partial charge is 0.418 e. The first-order chi connectivity index (χ1) is 21.6. The molecule has 3 aromatic rings. The lowest BCUT2D eigenvalue weighted by molar-refractivity contribution is -0.136. The third-order valence-electron chi connectivity index (χ3n) is 10.5. The van der Waals surface area contributed by atoms with Crippen molar-refractivity contribution in [1.82, 2.24) is 29.2 Å². The minimum atomic E-state index is -4.61. The Morgan fingerprint density at radius 1 is 1.07 bits per heavy atom. The van der Waals surface area contributed by atoms with Crippen molar-refractivity contribution in [2.75, 3.05) is 47.1 Å². The van der Waals surface area contributed by atoms with Crippen LogP contribution in [0.3, 0.4) is 0 Å². The molecule has 1 atom stereocenters. The molecule has 7 rings (SSSR count). The number of pyridine rings is 1. The highest BCUT2D eigenvalue weighted by Gasteiger charge is 2.47. The van der Waals surface area contributed by atoms with Gasteiger partial charge in [0.2, 0.25) is 0 Å². The van der Waals surface area contributed by atoms with Gasteiger partial charge in [-0.05, 0) is 68.5 Å². The van der Waals surface area contributed by atoms with Crippen molar-refractivity contribution < 1.29 is 22.6 Å². The number of rotatable bonds is 8. The number of alkyl halides is 3. The topological polar surface area (TPSA) is 66.6 Å². The van der Waals surface area contributed by atoms with Crippen LogP contribution in [0.15, 0.2) is 47.5 Å². The van der Waals surface area contributed by atoms with Crippen molar-refractivity contribution in [3.8, 4) is 5.69 Å². The van der Waals surface area contributed by atoms with Gasteiger partial charge in [0, 0.05) is 50.6 Å². The highest BCUT2D eigenvalue weighted by Crippen LogP contribution is 2.41. The Labute approximate surface area is 261 Å². The van der Waals surface area contributed by atoms with Crippen LogP contribution in [0.4, 0.5) is 13.2 Å². The van der Waals surface area contributed by atoms with Crippen LogP contribution in [-0.2, 0) is 27.6 Å². The average Bonchev–Trinajstić information content (AvgIpc) is 3.74. The van der Waals surface area contributed by atoms with Crippen LogP contribution in [0.1, 0.15) is 61.6 Å². The Morgan fingerprint density at radius 2 is 1.82 bits per heavy atom. The molecule has 0 spiro atoms. The minimum Gasteiger partial charge on any atom is -0.381 e. The van der Waals surface area contributed by atoms with Crippen molar-refractivity contribution in [3.05, 3.63) is 69.9 Å². The molecule has 244 valence electrons. The number of nitrogens with one attached hydrogen (secondary N) is 1. The van der Waals surface area contributed by atoms with Crippen LogP contribution in [0.2, 0.25) is 0 Å². The number of benzene rings is 1. The van der Waals surface area contributed by atoms with Crippen molar-refractivity contribution in [3.63, 3.8) is 0 Å². The number of hydrogen-bond donors (Lipinski definition) is 1. The van der Waals surface area contributed by atoms with E-state index in [1.807, 2.05) is 12.1 Å².